The van der Waals surface area contributed by atoms with Crippen LogP contribution in [0.3, 0.4) is 0 Å². The van der Waals surface area contributed by atoms with E-state index in [-0.39, 0.29) is 12.7 Å². The van der Waals surface area contributed by atoms with Gasteiger partial charge < -0.3 is 15.6 Å². The van der Waals surface area contributed by atoms with Crippen molar-refractivity contribution < 1.29 is 9.84 Å². The van der Waals surface area contributed by atoms with Crippen molar-refractivity contribution in [3.63, 3.8) is 0 Å². The normalized spacial score (nSPS) is 12.2. The number of aliphatic hydroxyl groups is 1. The minimum atomic E-state index is -0.284. The summed E-state index contributed by atoms with van der Waals surface area (Å²) in [4.78, 5) is 0. The molecule has 0 fully saturated rings. The Morgan fingerprint density at radius 2 is 1.79 bits per heavy atom. The van der Waals surface area contributed by atoms with Crippen molar-refractivity contribution in [2.24, 2.45) is 5.73 Å². The summed E-state index contributed by atoms with van der Waals surface area (Å²) in [5.74, 6) is 0.701. The fraction of sp³-hybridized carbons (Fsp3) is 0.200. The van der Waals surface area contributed by atoms with Gasteiger partial charge in [0, 0.05) is 17.1 Å². The summed E-state index contributed by atoms with van der Waals surface area (Å²) in [6.07, 6.45) is -0.284. The lowest BCUT2D eigenvalue weighted by atomic mass is 10.1. The standard InChI is InChI=1S/C15H16ClNO2/c16-14-4-2-1-3-13(14)15(9-17)19-12-7-5-11(10-18)6-8-12/h1-8,15,18H,9-10,17H2. The summed E-state index contributed by atoms with van der Waals surface area (Å²) < 4.78 is 5.84. The highest BCUT2D eigenvalue weighted by Gasteiger charge is 2.14. The van der Waals surface area contributed by atoms with E-state index in [0.717, 1.165) is 11.1 Å². The molecular weight excluding hydrogens is 262 g/mol. The minimum Gasteiger partial charge on any atom is -0.484 e. The van der Waals surface area contributed by atoms with Gasteiger partial charge in [-0.1, -0.05) is 41.9 Å². The average Bonchev–Trinajstić information content (AvgIpc) is 2.46. The van der Waals surface area contributed by atoms with Gasteiger partial charge >= 0.3 is 0 Å². The molecule has 19 heavy (non-hydrogen) atoms. The summed E-state index contributed by atoms with van der Waals surface area (Å²) in [5.41, 5.74) is 7.47. The third-order valence-electron chi connectivity index (χ3n) is 2.85. The van der Waals surface area contributed by atoms with Crippen LogP contribution in [0.5, 0.6) is 5.75 Å². The van der Waals surface area contributed by atoms with Crippen LogP contribution in [0.4, 0.5) is 0 Å². The molecule has 1 atom stereocenters. The molecule has 0 aliphatic carbocycles. The number of benzene rings is 2. The van der Waals surface area contributed by atoms with Crippen molar-refractivity contribution >= 4 is 11.6 Å². The summed E-state index contributed by atoms with van der Waals surface area (Å²) >= 11 is 6.14. The van der Waals surface area contributed by atoms with Gasteiger partial charge in [-0.25, -0.2) is 0 Å². The van der Waals surface area contributed by atoms with Crippen LogP contribution in [0.2, 0.25) is 5.02 Å². The SMILES string of the molecule is NCC(Oc1ccc(CO)cc1)c1ccccc1Cl. The number of hydrogen-bond acceptors (Lipinski definition) is 3. The Bertz CT molecular complexity index is 528. The molecule has 0 saturated heterocycles. The largest absolute Gasteiger partial charge is 0.484 e. The van der Waals surface area contributed by atoms with Crippen LogP contribution >= 0.6 is 11.6 Å². The molecule has 4 heteroatoms. The average molecular weight is 278 g/mol. The highest BCUT2D eigenvalue weighted by atomic mass is 35.5. The van der Waals surface area contributed by atoms with Crippen LogP contribution in [0.25, 0.3) is 0 Å². The van der Waals surface area contributed by atoms with Crippen LogP contribution in [0, 0.1) is 0 Å². The van der Waals surface area contributed by atoms with Gasteiger partial charge in [-0.3, -0.25) is 0 Å². The molecule has 2 rings (SSSR count). The molecule has 0 amide bonds. The molecule has 0 heterocycles. The lowest BCUT2D eigenvalue weighted by Gasteiger charge is -2.19. The zero-order valence-corrected chi connectivity index (χ0v) is 11.2. The molecule has 0 saturated carbocycles. The monoisotopic (exact) mass is 277 g/mol. The first-order chi connectivity index (χ1) is 9.24. The number of ether oxygens (including phenoxy) is 1. The van der Waals surface area contributed by atoms with Crippen molar-refractivity contribution in [1.82, 2.24) is 0 Å². The van der Waals surface area contributed by atoms with Crippen molar-refractivity contribution in [1.29, 1.82) is 0 Å². The van der Waals surface area contributed by atoms with Crippen LogP contribution in [-0.2, 0) is 6.61 Å². The topological polar surface area (TPSA) is 55.5 Å². The third-order valence-corrected chi connectivity index (χ3v) is 3.19. The number of nitrogens with two attached hydrogens (primary N) is 1. The van der Waals surface area contributed by atoms with Crippen LogP contribution in [0.1, 0.15) is 17.2 Å². The lowest BCUT2D eigenvalue weighted by Crippen LogP contribution is -2.18. The Kier molecular flexibility index (Phi) is 4.80. The van der Waals surface area contributed by atoms with Gasteiger partial charge in [0.1, 0.15) is 11.9 Å². The molecule has 0 radical (unpaired) electrons. The van der Waals surface area contributed by atoms with Crippen LogP contribution in [-0.4, -0.2) is 11.7 Å². The Balaban J connectivity index is 2.17. The van der Waals surface area contributed by atoms with Gasteiger partial charge in [0.15, 0.2) is 0 Å². The van der Waals surface area contributed by atoms with Gasteiger partial charge in [0.2, 0.25) is 0 Å². The zero-order valence-electron chi connectivity index (χ0n) is 10.4. The van der Waals surface area contributed by atoms with Gasteiger partial charge in [-0.2, -0.15) is 0 Å². The Morgan fingerprint density at radius 1 is 1.11 bits per heavy atom. The molecular formula is C15H16ClNO2. The molecule has 1 unspecified atom stereocenters. The van der Waals surface area contributed by atoms with E-state index in [2.05, 4.69) is 0 Å². The lowest BCUT2D eigenvalue weighted by molar-refractivity contribution is 0.214. The second-order valence-corrected chi connectivity index (χ2v) is 4.57. The van der Waals surface area contributed by atoms with Crippen molar-refractivity contribution in [3.8, 4) is 5.75 Å². The fourth-order valence-electron chi connectivity index (χ4n) is 1.81. The van der Waals surface area contributed by atoms with E-state index in [9.17, 15) is 0 Å². The molecule has 0 aliphatic heterocycles. The number of rotatable bonds is 5. The first kappa shape index (κ1) is 13.9. The van der Waals surface area contributed by atoms with Gasteiger partial charge in [0.05, 0.1) is 6.61 Å². The van der Waals surface area contributed by atoms with Crippen molar-refractivity contribution in [2.75, 3.05) is 6.54 Å². The molecule has 100 valence electrons. The molecule has 0 spiro atoms. The zero-order chi connectivity index (χ0) is 13.7. The smallest absolute Gasteiger partial charge is 0.137 e. The third kappa shape index (κ3) is 3.47. The number of aliphatic hydroxyl groups excluding tert-OH is 1. The maximum atomic E-state index is 8.99. The van der Waals surface area contributed by atoms with Gasteiger partial charge in [0.25, 0.3) is 0 Å². The van der Waals surface area contributed by atoms with Crippen LogP contribution < -0.4 is 10.5 Å². The summed E-state index contributed by atoms with van der Waals surface area (Å²) in [6, 6.07) is 14.7. The van der Waals surface area contributed by atoms with Crippen LogP contribution in [0.15, 0.2) is 48.5 Å². The molecule has 0 bridgehead atoms. The van der Waals surface area contributed by atoms with Crippen molar-refractivity contribution in [3.05, 3.63) is 64.7 Å². The maximum absolute atomic E-state index is 8.99. The Labute approximate surface area is 117 Å². The fourth-order valence-corrected chi connectivity index (χ4v) is 2.07. The van der Waals surface area contributed by atoms with E-state index in [4.69, 9.17) is 27.2 Å². The van der Waals surface area contributed by atoms with E-state index in [1.165, 1.54) is 0 Å². The van der Waals surface area contributed by atoms with E-state index < -0.39 is 0 Å². The first-order valence-electron chi connectivity index (χ1n) is 6.05. The van der Waals surface area contributed by atoms with E-state index in [0.29, 0.717) is 17.3 Å². The highest BCUT2D eigenvalue weighted by molar-refractivity contribution is 6.31. The predicted octanol–water partition coefficient (Wildman–Crippen LogP) is 2.91. The van der Waals surface area contributed by atoms with E-state index in [1.54, 1.807) is 0 Å². The minimum absolute atomic E-state index is 0.0190. The Morgan fingerprint density at radius 3 is 2.37 bits per heavy atom. The predicted molar refractivity (Wildman–Crippen MR) is 76.2 cm³/mol. The van der Waals surface area contributed by atoms with Gasteiger partial charge in [-0.05, 0) is 23.8 Å². The second-order valence-electron chi connectivity index (χ2n) is 4.17. The quantitative estimate of drug-likeness (QED) is 0.883. The van der Waals surface area contributed by atoms with E-state index in [1.807, 2.05) is 48.5 Å². The summed E-state index contributed by atoms with van der Waals surface area (Å²) in [5, 5.41) is 9.64. The summed E-state index contributed by atoms with van der Waals surface area (Å²) in [6.45, 7) is 0.358. The highest BCUT2D eigenvalue weighted by Crippen LogP contribution is 2.27. The Hall–Kier alpha value is -1.55. The number of hydrogen-bond donors (Lipinski definition) is 2. The van der Waals surface area contributed by atoms with E-state index >= 15 is 0 Å². The molecule has 3 nitrogen and oxygen atoms in total. The molecule has 2 aromatic rings. The number of halogens is 1. The second kappa shape index (κ2) is 6.57. The molecule has 0 aliphatic rings. The maximum Gasteiger partial charge on any atom is 0.137 e. The summed E-state index contributed by atoms with van der Waals surface area (Å²) in [7, 11) is 0. The van der Waals surface area contributed by atoms with Gasteiger partial charge in [-0.15, -0.1) is 0 Å². The molecule has 0 aromatic heterocycles. The molecule has 2 aromatic carbocycles. The first-order valence-corrected chi connectivity index (χ1v) is 6.43. The van der Waals surface area contributed by atoms with Crippen molar-refractivity contribution in [2.45, 2.75) is 12.7 Å². The molecule has 3 N–H and O–H groups in total.